The van der Waals surface area contributed by atoms with Crippen LogP contribution < -0.4 is 5.32 Å². The Morgan fingerprint density at radius 3 is 2.63 bits per heavy atom. The molecule has 1 N–H and O–H groups in total. The van der Waals surface area contributed by atoms with Gasteiger partial charge in [0.05, 0.1) is 12.0 Å². The largest absolute Gasteiger partial charge is 0.333 e. The van der Waals surface area contributed by atoms with E-state index in [1.165, 1.54) is 31.4 Å². The average Bonchev–Trinajstić information content (AvgIpc) is 2.78. The van der Waals surface area contributed by atoms with Crippen molar-refractivity contribution in [2.75, 3.05) is 0 Å². The van der Waals surface area contributed by atoms with Gasteiger partial charge in [0.15, 0.2) is 0 Å². The molecule has 110 valence electrons. The molecule has 1 rings (SSSR count). The summed E-state index contributed by atoms with van der Waals surface area (Å²) in [6.07, 6.45) is 9.18. The normalized spacial score (nSPS) is 13.7. The predicted molar refractivity (Wildman–Crippen MR) is 82.1 cm³/mol. The van der Waals surface area contributed by atoms with Crippen molar-refractivity contribution >= 4 is 0 Å². The number of unbranched alkanes of at least 4 members (excludes halogenated alkanes) is 1. The van der Waals surface area contributed by atoms with Crippen LogP contribution in [-0.2, 0) is 13.1 Å². The topological polar surface area (TPSA) is 29.9 Å². The van der Waals surface area contributed by atoms with Crippen molar-refractivity contribution in [3.63, 3.8) is 0 Å². The summed E-state index contributed by atoms with van der Waals surface area (Å²) in [4.78, 5) is 4.31. The van der Waals surface area contributed by atoms with E-state index in [-0.39, 0.29) is 5.54 Å². The number of imidazole rings is 1. The van der Waals surface area contributed by atoms with E-state index in [1.54, 1.807) is 0 Å². The Kier molecular flexibility index (Phi) is 6.56. The molecule has 19 heavy (non-hydrogen) atoms. The second kappa shape index (κ2) is 7.68. The number of hydrogen-bond donors (Lipinski definition) is 1. The van der Waals surface area contributed by atoms with E-state index in [0.717, 1.165) is 19.0 Å². The minimum Gasteiger partial charge on any atom is -0.333 e. The van der Waals surface area contributed by atoms with Crippen LogP contribution in [0.25, 0.3) is 0 Å². The van der Waals surface area contributed by atoms with Gasteiger partial charge in [-0.2, -0.15) is 0 Å². The third kappa shape index (κ3) is 6.24. The molecule has 0 spiro atoms. The first-order valence-corrected chi connectivity index (χ1v) is 7.70. The highest BCUT2D eigenvalue weighted by Crippen LogP contribution is 2.16. The highest BCUT2D eigenvalue weighted by Gasteiger charge is 2.12. The molecule has 0 aromatic carbocycles. The first kappa shape index (κ1) is 16.2. The molecular formula is C16H31N3. The molecular weight excluding hydrogens is 234 g/mol. The lowest BCUT2D eigenvalue weighted by Gasteiger charge is -2.22. The Labute approximate surface area is 118 Å². The molecule has 0 aliphatic rings. The zero-order valence-corrected chi connectivity index (χ0v) is 13.4. The average molecular weight is 265 g/mol. The molecule has 1 aromatic heterocycles. The van der Waals surface area contributed by atoms with Crippen molar-refractivity contribution < 1.29 is 0 Å². The van der Waals surface area contributed by atoms with Crippen LogP contribution in [-0.4, -0.2) is 15.1 Å². The van der Waals surface area contributed by atoms with Gasteiger partial charge in [0.1, 0.15) is 0 Å². The Morgan fingerprint density at radius 1 is 1.32 bits per heavy atom. The van der Waals surface area contributed by atoms with Gasteiger partial charge in [-0.3, -0.25) is 0 Å². The molecule has 0 saturated heterocycles. The van der Waals surface area contributed by atoms with Crippen molar-refractivity contribution in [2.45, 2.75) is 78.9 Å². The second-order valence-corrected chi connectivity index (χ2v) is 6.56. The molecule has 3 heteroatoms. The van der Waals surface area contributed by atoms with Gasteiger partial charge in [0.2, 0.25) is 0 Å². The summed E-state index contributed by atoms with van der Waals surface area (Å²) in [6, 6.07) is 0. The summed E-state index contributed by atoms with van der Waals surface area (Å²) in [6.45, 7) is 13.2. The molecule has 3 nitrogen and oxygen atoms in total. The van der Waals surface area contributed by atoms with Gasteiger partial charge in [-0.15, -0.1) is 0 Å². The Hall–Kier alpha value is -0.830. The van der Waals surface area contributed by atoms with Crippen LogP contribution in [0.4, 0.5) is 0 Å². The minimum atomic E-state index is 0.154. The molecule has 1 aromatic rings. The van der Waals surface area contributed by atoms with Gasteiger partial charge < -0.3 is 9.88 Å². The molecule has 0 aliphatic heterocycles. The molecule has 1 atom stereocenters. The van der Waals surface area contributed by atoms with Crippen molar-refractivity contribution in [1.29, 1.82) is 0 Å². The highest BCUT2D eigenvalue weighted by atomic mass is 15.1. The van der Waals surface area contributed by atoms with Gasteiger partial charge in [-0.25, -0.2) is 4.98 Å². The van der Waals surface area contributed by atoms with E-state index in [2.05, 4.69) is 49.5 Å². The van der Waals surface area contributed by atoms with Crippen LogP contribution in [0.5, 0.6) is 0 Å². The number of nitrogens with zero attached hydrogens (tertiary/aromatic N) is 2. The summed E-state index contributed by atoms with van der Waals surface area (Å²) < 4.78 is 2.32. The molecule has 0 fully saturated rings. The number of aromatic nitrogens is 2. The van der Waals surface area contributed by atoms with E-state index in [9.17, 15) is 0 Å². The van der Waals surface area contributed by atoms with Crippen LogP contribution in [0.3, 0.4) is 0 Å². The third-order valence-corrected chi connectivity index (χ3v) is 3.60. The molecule has 0 saturated carbocycles. The van der Waals surface area contributed by atoms with E-state index in [1.807, 2.05) is 12.5 Å². The quantitative estimate of drug-likeness (QED) is 0.770. The lowest BCUT2D eigenvalue weighted by atomic mass is 9.99. The van der Waals surface area contributed by atoms with Gasteiger partial charge in [-0.1, -0.05) is 33.1 Å². The van der Waals surface area contributed by atoms with Crippen LogP contribution in [0.2, 0.25) is 0 Å². The second-order valence-electron chi connectivity index (χ2n) is 6.56. The summed E-state index contributed by atoms with van der Waals surface area (Å²) in [5, 5.41) is 3.54. The van der Waals surface area contributed by atoms with Crippen LogP contribution >= 0.6 is 0 Å². The molecule has 0 radical (unpaired) electrons. The van der Waals surface area contributed by atoms with E-state index in [4.69, 9.17) is 0 Å². The Morgan fingerprint density at radius 2 is 2.05 bits per heavy atom. The molecule has 1 heterocycles. The van der Waals surface area contributed by atoms with Gasteiger partial charge in [-0.05, 0) is 33.1 Å². The zero-order chi connectivity index (χ0) is 14.3. The van der Waals surface area contributed by atoms with Crippen LogP contribution in [0, 0.1) is 5.92 Å². The van der Waals surface area contributed by atoms with E-state index >= 15 is 0 Å². The molecule has 0 aliphatic carbocycles. The predicted octanol–water partition coefficient (Wildman–Crippen LogP) is 3.99. The molecule has 0 bridgehead atoms. The first-order valence-electron chi connectivity index (χ1n) is 7.70. The standard InChI is InChI=1S/C16H31N3/c1-6-8-9-14(7-2)12-19-13-17-10-15(19)11-18-16(3,4)5/h10,13-14,18H,6-9,11-12H2,1-5H3. The van der Waals surface area contributed by atoms with Crippen molar-refractivity contribution in [3.8, 4) is 0 Å². The summed E-state index contributed by atoms with van der Waals surface area (Å²) in [5.74, 6) is 0.780. The first-order chi connectivity index (χ1) is 8.96. The third-order valence-electron chi connectivity index (χ3n) is 3.60. The fraction of sp³-hybridized carbons (Fsp3) is 0.812. The van der Waals surface area contributed by atoms with E-state index < -0.39 is 0 Å². The summed E-state index contributed by atoms with van der Waals surface area (Å²) >= 11 is 0. The molecule has 1 unspecified atom stereocenters. The van der Waals surface area contributed by atoms with Crippen molar-refractivity contribution in [1.82, 2.24) is 14.9 Å². The van der Waals surface area contributed by atoms with Crippen LogP contribution in [0.15, 0.2) is 12.5 Å². The number of rotatable bonds is 8. The maximum Gasteiger partial charge on any atom is 0.0948 e. The lowest BCUT2D eigenvalue weighted by molar-refractivity contribution is 0.373. The maximum atomic E-state index is 4.31. The van der Waals surface area contributed by atoms with Crippen molar-refractivity contribution in [2.24, 2.45) is 5.92 Å². The van der Waals surface area contributed by atoms with Gasteiger partial charge in [0, 0.05) is 24.8 Å². The Bertz CT molecular complexity index is 349. The van der Waals surface area contributed by atoms with Gasteiger partial charge >= 0.3 is 0 Å². The van der Waals surface area contributed by atoms with Crippen molar-refractivity contribution in [3.05, 3.63) is 18.2 Å². The highest BCUT2D eigenvalue weighted by molar-refractivity contribution is 4.99. The van der Waals surface area contributed by atoms with Gasteiger partial charge in [0.25, 0.3) is 0 Å². The van der Waals surface area contributed by atoms with E-state index in [0.29, 0.717) is 0 Å². The SMILES string of the molecule is CCCCC(CC)Cn1cncc1CNC(C)(C)C. The lowest BCUT2D eigenvalue weighted by Crippen LogP contribution is -2.35. The minimum absolute atomic E-state index is 0.154. The number of hydrogen-bond acceptors (Lipinski definition) is 2. The van der Waals surface area contributed by atoms with Crippen LogP contribution in [0.1, 0.15) is 66.0 Å². The monoisotopic (exact) mass is 265 g/mol. The fourth-order valence-electron chi connectivity index (χ4n) is 2.21. The fourth-order valence-corrected chi connectivity index (χ4v) is 2.21. The smallest absolute Gasteiger partial charge is 0.0948 e. The molecule has 0 amide bonds. The number of nitrogens with one attached hydrogen (secondary N) is 1. The zero-order valence-electron chi connectivity index (χ0n) is 13.4. The summed E-state index contributed by atoms with van der Waals surface area (Å²) in [5.41, 5.74) is 1.45. The summed E-state index contributed by atoms with van der Waals surface area (Å²) in [7, 11) is 0. The Balaban J connectivity index is 2.56. The maximum absolute atomic E-state index is 4.31.